The molecule has 0 heterocycles. The maximum absolute atomic E-state index is 10.7. The lowest BCUT2D eigenvalue weighted by Gasteiger charge is -2.12. The first-order valence-electron chi connectivity index (χ1n) is 4.22. The normalized spacial score (nSPS) is 19.1. The fraction of sp³-hybridized carbons (Fsp3) is 0.875. The molecule has 0 saturated heterocycles. The number of hydrogen-bond donors (Lipinski definition) is 2. The minimum absolute atomic E-state index is 0.329. The van der Waals surface area contributed by atoms with Gasteiger partial charge in [-0.15, -0.1) is 0 Å². The predicted octanol–water partition coefficient (Wildman–Crippen LogP) is 0.945. The molecule has 1 aliphatic rings. The first-order valence-corrected chi connectivity index (χ1v) is 5.61. The maximum Gasteiger partial charge on any atom is 0.320 e. The van der Waals surface area contributed by atoms with Crippen molar-refractivity contribution in [2.75, 3.05) is 12.0 Å². The summed E-state index contributed by atoms with van der Waals surface area (Å²) in [7, 11) is 0. The van der Waals surface area contributed by atoms with E-state index in [-0.39, 0.29) is 6.04 Å². The van der Waals surface area contributed by atoms with Crippen molar-refractivity contribution >= 4 is 17.7 Å². The second-order valence-corrected chi connectivity index (χ2v) is 4.10. The van der Waals surface area contributed by atoms with E-state index in [4.69, 9.17) is 5.11 Å². The van der Waals surface area contributed by atoms with Gasteiger partial charge in [0.2, 0.25) is 0 Å². The van der Waals surface area contributed by atoms with Gasteiger partial charge in [-0.1, -0.05) is 0 Å². The smallest absolute Gasteiger partial charge is 0.320 e. The van der Waals surface area contributed by atoms with E-state index in [0.717, 1.165) is 25.0 Å². The van der Waals surface area contributed by atoms with Crippen LogP contribution in [0.5, 0.6) is 0 Å². The van der Waals surface area contributed by atoms with Crippen LogP contribution in [-0.4, -0.2) is 35.2 Å². The molecule has 0 unspecified atom stereocenters. The highest BCUT2D eigenvalue weighted by atomic mass is 32.2. The number of carboxylic acids is 1. The van der Waals surface area contributed by atoms with Crippen molar-refractivity contribution in [2.45, 2.75) is 31.3 Å². The molecule has 3 nitrogen and oxygen atoms in total. The second kappa shape index (κ2) is 4.72. The highest BCUT2D eigenvalue weighted by Gasteiger charge is 2.27. The molecule has 0 radical (unpaired) electrons. The second-order valence-electron chi connectivity index (χ2n) is 3.11. The van der Waals surface area contributed by atoms with Crippen molar-refractivity contribution in [3.8, 4) is 0 Å². The van der Waals surface area contributed by atoms with Crippen molar-refractivity contribution < 1.29 is 9.90 Å². The van der Waals surface area contributed by atoms with Gasteiger partial charge in [0.05, 0.1) is 0 Å². The van der Waals surface area contributed by atoms with E-state index in [9.17, 15) is 4.79 Å². The lowest BCUT2D eigenvalue weighted by atomic mass is 10.2. The van der Waals surface area contributed by atoms with Gasteiger partial charge in [0.1, 0.15) is 6.04 Å². The highest BCUT2D eigenvalue weighted by Crippen LogP contribution is 2.20. The third-order valence-electron chi connectivity index (χ3n) is 1.92. The lowest BCUT2D eigenvalue weighted by Crippen LogP contribution is -2.38. The third kappa shape index (κ3) is 3.45. The fourth-order valence-corrected chi connectivity index (χ4v) is 1.52. The molecule has 2 N–H and O–H groups in total. The Morgan fingerprint density at radius 2 is 2.42 bits per heavy atom. The number of aliphatic carboxylic acids is 1. The number of thioether (sulfide) groups is 1. The Labute approximate surface area is 76.9 Å². The molecule has 0 aliphatic heterocycles. The Morgan fingerprint density at radius 3 is 2.83 bits per heavy atom. The Hall–Kier alpha value is -0.220. The van der Waals surface area contributed by atoms with E-state index in [1.807, 2.05) is 6.26 Å². The average Bonchev–Trinajstić information content (AvgIpc) is 2.80. The van der Waals surface area contributed by atoms with Crippen LogP contribution in [-0.2, 0) is 4.79 Å². The minimum atomic E-state index is -0.712. The summed E-state index contributed by atoms with van der Waals surface area (Å²) in [6.45, 7) is 0. The van der Waals surface area contributed by atoms with Crippen molar-refractivity contribution in [1.29, 1.82) is 0 Å². The molecule has 1 fully saturated rings. The Kier molecular flexibility index (Phi) is 3.88. The van der Waals surface area contributed by atoms with Gasteiger partial charge in [0.25, 0.3) is 0 Å². The summed E-state index contributed by atoms with van der Waals surface area (Å²) in [4.78, 5) is 10.7. The zero-order valence-corrected chi connectivity index (χ0v) is 8.06. The number of hydrogen-bond acceptors (Lipinski definition) is 3. The summed E-state index contributed by atoms with van der Waals surface area (Å²) in [5, 5.41) is 11.9. The molecular weight excluding hydrogens is 174 g/mol. The molecule has 0 aromatic heterocycles. The Balaban J connectivity index is 2.21. The van der Waals surface area contributed by atoms with Crippen LogP contribution in [0, 0.1) is 0 Å². The highest BCUT2D eigenvalue weighted by molar-refractivity contribution is 7.98. The minimum Gasteiger partial charge on any atom is -0.480 e. The lowest BCUT2D eigenvalue weighted by molar-refractivity contribution is -0.139. The van der Waals surface area contributed by atoms with Crippen LogP contribution in [0.3, 0.4) is 0 Å². The van der Waals surface area contributed by atoms with Gasteiger partial charge in [-0.05, 0) is 31.3 Å². The van der Waals surface area contributed by atoms with Crippen LogP contribution in [0.2, 0.25) is 0 Å². The summed E-state index contributed by atoms with van der Waals surface area (Å²) in [6.07, 6.45) is 5.01. The molecular formula is C8H15NO2S. The van der Waals surface area contributed by atoms with Gasteiger partial charge in [-0.3, -0.25) is 4.79 Å². The Bertz CT molecular complexity index is 159. The fourth-order valence-electron chi connectivity index (χ4n) is 1.05. The van der Waals surface area contributed by atoms with E-state index in [1.54, 1.807) is 11.8 Å². The molecule has 0 aromatic carbocycles. The summed E-state index contributed by atoms with van der Waals surface area (Å²) >= 11 is 1.69. The molecule has 12 heavy (non-hydrogen) atoms. The molecule has 0 aromatic rings. The number of nitrogens with one attached hydrogen (secondary N) is 1. The van der Waals surface area contributed by atoms with Gasteiger partial charge in [0, 0.05) is 6.04 Å². The number of carboxylic acid groups (broad SMARTS) is 1. The summed E-state index contributed by atoms with van der Waals surface area (Å²) < 4.78 is 0. The number of rotatable bonds is 6. The molecule has 1 aliphatic carbocycles. The molecule has 70 valence electrons. The van der Waals surface area contributed by atoms with E-state index in [2.05, 4.69) is 5.32 Å². The van der Waals surface area contributed by atoms with Gasteiger partial charge < -0.3 is 10.4 Å². The van der Waals surface area contributed by atoms with Crippen molar-refractivity contribution in [2.24, 2.45) is 0 Å². The first-order chi connectivity index (χ1) is 5.74. The van der Waals surface area contributed by atoms with Crippen LogP contribution in [0.4, 0.5) is 0 Å². The first kappa shape index (κ1) is 9.86. The van der Waals surface area contributed by atoms with Crippen LogP contribution in [0.1, 0.15) is 19.3 Å². The van der Waals surface area contributed by atoms with E-state index < -0.39 is 5.97 Å². The molecule has 1 atom stereocenters. The van der Waals surface area contributed by atoms with Gasteiger partial charge in [0.15, 0.2) is 0 Å². The largest absolute Gasteiger partial charge is 0.480 e. The van der Waals surface area contributed by atoms with Crippen LogP contribution >= 0.6 is 11.8 Å². The SMILES string of the molecule is CSCC[C@H](NC1CC1)C(=O)O. The predicted molar refractivity (Wildman–Crippen MR) is 50.6 cm³/mol. The zero-order chi connectivity index (χ0) is 8.97. The van der Waals surface area contributed by atoms with E-state index in [0.29, 0.717) is 6.04 Å². The van der Waals surface area contributed by atoms with Crippen LogP contribution in [0.25, 0.3) is 0 Å². The van der Waals surface area contributed by atoms with Crippen molar-refractivity contribution in [3.05, 3.63) is 0 Å². The third-order valence-corrected chi connectivity index (χ3v) is 2.57. The quantitative estimate of drug-likeness (QED) is 0.653. The maximum atomic E-state index is 10.7. The molecule has 0 bridgehead atoms. The van der Waals surface area contributed by atoms with Crippen molar-refractivity contribution in [3.63, 3.8) is 0 Å². The standard InChI is InChI=1S/C8H15NO2S/c1-12-5-4-7(8(10)11)9-6-2-3-6/h6-7,9H,2-5H2,1H3,(H,10,11)/t7-/m0/s1. The van der Waals surface area contributed by atoms with Crippen molar-refractivity contribution in [1.82, 2.24) is 5.32 Å². The van der Waals surface area contributed by atoms with Crippen LogP contribution < -0.4 is 5.32 Å². The van der Waals surface area contributed by atoms with Gasteiger partial charge in [-0.2, -0.15) is 11.8 Å². The zero-order valence-electron chi connectivity index (χ0n) is 7.25. The number of carbonyl (C=O) groups is 1. The molecule has 0 amide bonds. The average molecular weight is 189 g/mol. The van der Waals surface area contributed by atoms with Gasteiger partial charge >= 0.3 is 5.97 Å². The molecule has 1 saturated carbocycles. The van der Waals surface area contributed by atoms with E-state index in [1.165, 1.54) is 0 Å². The molecule has 0 spiro atoms. The summed E-state index contributed by atoms with van der Waals surface area (Å²) in [5.74, 6) is 0.201. The summed E-state index contributed by atoms with van der Waals surface area (Å²) in [6, 6.07) is 0.151. The monoisotopic (exact) mass is 189 g/mol. The van der Waals surface area contributed by atoms with Gasteiger partial charge in [-0.25, -0.2) is 0 Å². The topological polar surface area (TPSA) is 49.3 Å². The molecule has 1 rings (SSSR count). The molecule has 4 heteroatoms. The van der Waals surface area contributed by atoms with Crippen LogP contribution in [0.15, 0.2) is 0 Å². The summed E-state index contributed by atoms with van der Waals surface area (Å²) in [5.41, 5.74) is 0. The Morgan fingerprint density at radius 1 is 1.75 bits per heavy atom. The van der Waals surface area contributed by atoms with E-state index >= 15 is 0 Å².